The molecule has 0 rings (SSSR count). The third kappa shape index (κ3) is 8.12. The minimum Gasteiger partial charge on any atom is -0.444 e. The highest BCUT2D eigenvalue weighted by molar-refractivity contribution is 5.68. The second-order valence-corrected chi connectivity index (χ2v) is 5.97. The van der Waals surface area contributed by atoms with Crippen LogP contribution in [0.3, 0.4) is 0 Å². The molecule has 0 aromatic heterocycles. The molecule has 0 aromatic rings. The van der Waals surface area contributed by atoms with E-state index in [2.05, 4.69) is 11.9 Å². The average molecular weight is 257 g/mol. The number of nitrogens with one attached hydrogen (secondary N) is 1. The maximum Gasteiger partial charge on any atom is 0.407 e. The zero-order chi connectivity index (χ0) is 14.3. The quantitative estimate of drug-likeness (QED) is 0.719. The largest absolute Gasteiger partial charge is 0.444 e. The molecule has 0 radical (unpaired) electrons. The number of carbonyl (C=O) groups excluding carboxylic acids is 1. The van der Waals surface area contributed by atoms with Gasteiger partial charge >= 0.3 is 6.09 Å². The SMILES string of the molecule is C=CC[C@H](O)C(CC(C)C)NC(=O)OC(C)(C)C. The summed E-state index contributed by atoms with van der Waals surface area (Å²) < 4.78 is 5.19. The van der Waals surface area contributed by atoms with Gasteiger partial charge in [-0.25, -0.2) is 4.79 Å². The summed E-state index contributed by atoms with van der Waals surface area (Å²) in [5.74, 6) is 0.379. The standard InChI is InChI=1S/C14H27NO3/c1-7-8-12(16)11(9-10(2)3)15-13(17)18-14(4,5)6/h7,10-12,16H,1,8-9H2,2-6H3,(H,15,17)/t11?,12-/m0/s1. The maximum absolute atomic E-state index is 11.7. The third-order valence-electron chi connectivity index (χ3n) is 2.30. The van der Waals surface area contributed by atoms with Gasteiger partial charge in [-0.2, -0.15) is 0 Å². The van der Waals surface area contributed by atoms with E-state index in [1.54, 1.807) is 6.08 Å². The molecule has 0 aromatic carbocycles. The summed E-state index contributed by atoms with van der Waals surface area (Å²) in [5.41, 5.74) is -0.532. The number of aliphatic hydroxyl groups is 1. The number of carbonyl (C=O) groups is 1. The fraction of sp³-hybridized carbons (Fsp3) is 0.786. The second-order valence-electron chi connectivity index (χ2n) is 5.97. The molecule has 4 heteroatoms. The number of ether oxygens (including phenoxy) is 1. The van der Waals surface area contributed by atoms with Crippen LogP contribution in [0.4, 0.5) is 4.79 Å². The fourth-order valence-electron chi connectivity index (χ4n) is 1.61. The van der Waals surface area contributed by atoms with Gasteiger partial charge in [-0.05, 0) is 39.5 Å². The van der Waals surface area contributed by atoms with E-state index in [0.29, 0.717) is 18.8 Å². The summed E-state index contributed by atoms with van der Waals surface area (Å²) in [6.45, 7) is 13.1. The summed E-state index contributed by atoms with van der Waals surface area (Å²) in [6, 6.07) is -0.308. The molecule has 4 nitrogen and oxygen atoms in total. The van der Waals surface area contributed by atoms with Gasteiger partial charge < -0.3 is 15.2 Å². The van der Waals surface area contributed by atoms with Crippen molar-refractivity contribution < 1.29 is 14.6 Å². The third-order valence-corrected chi connectivity index (χ3v) is 2.30. The van der Waals surface area contributed by atoms with Crippen molar-refractivity contribution in [1.29, 1.82) is 0 Å². The number of hydrogen-bond acceptors (Lipinski definition) is 3. The summed E-state index contributed by atoms with van der Waals surface area (Å²) in [4.78, 5) is 11.7. The van der Waals surface area contributed by atoms with E-state index < -0.39 is 17.8 Å². The first-order chi connectivity index (χ1) is 8.15. The molecule has 1 unspecified atom stereocenters. The van der Waals surface area contributed by atoms with E-state index in [-0.39, 0.29) is 6.04 Å². The van der Waals surface area contributed by atoms with Crippen molar-refractivity contribution in [3.05, 3.63) is 12.7 Å². The monoisotopic (exact) mass is 257 g/mol. The summed E-state index contributed by atoms with van der Waals surface area (Å²) in [7, 11) is 0. The lowest BCUT2D eigenvalue weighted by molar-refractivity contribution is 0.0407. The maximum atomic E-state index is 11.7. The Labute approximate surface area is 110 Å². The van der Waals surface area contributed by atoms with E-state index in [9.17, 15) is 9.90 Å². The fourth-order valence-corrected chi connectivity index (χ4v) is 1.61. The van der Waals surface area contributed by atoms with Crippen molar-refractivity contribution in [2.45, 2.75) is 65.2 Å². The first-order valence-corrected chi connectivity index (χ1v) is 6.44. The van der Waals surface area contributed by atoms with Gasteiger partial charge in [-0.1, -0.05) is 19.9 Å². The Morgan fingerprint density at radius 2 is 2.00 bits per heavy atom. The van der Waals surface area contributed by atoms with Crippen molar-refractivity contribution >= 4 is 6.09 Å². The van der Waals surface area contributed by atoms with E-state index in [1.807, 2.05) is 34.6 Å². The van der Waals surface area contributed by atoms with Crippen LogP contribution < -0.4 is 5.32 Å². The topological polar surface area (TPSA) is 58.6 Å². The smallest absolute Gasteiger partial charge is 0.407 e. The van der Waals surface area contributed by atoms with Crippen LogP contribution in [0.2, 0.25) is 0 Å². The normalized spacial score (nSPS) is 15.1. The van der Waals surface area contributed by atoms with Gasteiger partial charge in [0.2, 0.25) is 0 Å². The van der Waals surface area contributed by atoms with Crippen LogP contribution in [0.5, 0.6) is 0 Å². The molecule has 18 heavy (non-hydrogen) atoms. The summed E-state index contributed by atoms with van der Waals surface area (Å²) in [5, 5.41) is 12.7. The Morgan fingerprint density at radius 1 is 1.44 bits per heavy atom. The lowest BCUT2D eigenvalue weighted by atomic mass is 9.97. The van der Waals surface area contributed by atoms with Crippen LogP contribution in [0, 0.1) is 5.92 Å². The highest BCUT2D eigenvalue weighted by atomic mass is 16.6. The van der Waals surface area contributed by atoms with Gasteiger partial charge in [0.15, 0.2) is 0 Å². The lowest BCUT2D eigenvalue weighted by Crippen LogP contribution is -2.46. The molecule has 1 amide bonds. The molecule has 106 valence electrons. The summed E-state index contributed by atoms with van der Waals surface area (Å²) in [6.07, 6.45) is 1.68. The second kappa shape index (κ2) is 7.41. The van der Waals surface area contributed by atoms with Gasteiger partial charge in [-0.3, -0.25) is 0 Å². The zero-order valence-electron chi connectivity index (χ0n) is 12.2. The van der Waals surface area contributed by atoms with Crippen LogP contribution in [-0.2, 0) is 4.74 Å². The molecule has 0 bridgehead atoms. The highest BCUT2D eigenvalue weighted by Gasteiger charge is 2.24. The van der Waals surface area contributed by atoms with Crippen molar-refractivity contribution in [1.82, 2.24) is 5.32 Å². The van der Waals surface area contributed by atoms with Crippen LogP contribution in [0.15, 0.2) is 12.7 Å². The molecule has 0 aliphatic heterocycles. The van der Waals surface area contributed by atoms with Crippen LogP contribution in [0.1, 0.15) is 47.5 Å². The Balaban J connectivity index is 4.48. The minimum atomic E-state index is -0.627. The number of hydrogen-bond donors (Lipinski definition) is 2. The molecule has 0 saturated carbocycles. The average Bonchev–Trinajstić information content (AvgIpc) is 2.13. The number of aliphatic hydroxyl groups excluding tert-OH is 1. The van der Waals surface area contributed by atoms with Gasteiger partial charge in [0.05, 0.1) is 12.1 Å². The van der Waals surface area contributed by atoms with E-state index >= 15 is 0 Å². The molecule has 0 saturated heterocycles. The van der Waals surface area contributed by atoms with Crippen molar-refractivity contribution in [2.24, 2.45) is 5.92 Å². The molecular formula is C14H27NO3. The lowest BCUT2D eigenvalue weighted by Gasteiger charge is -2.27. The van der Waals surface area contributed by atoms with Crippen LogP contribution in [0.25, 0.3) is 0 Å². The van der Waals surface area contributed by atoms with Crippen LogP contribution in [-0.4, -0.2) is 28.9 Å². The molecule has 0 fully saturated rings. The van der Waals surface area contributed by atoms with E-state index in [0.717, 1.165) is 0 Å². The summed E-state index contributed by atoms with van der Waals surface area (Å²) >= 11 is 0. The predicted octanol–water partition coefficient (Wildman–Crippen LogP) is 2.86. The molecule has 0 heterocycles. The molecule has 0 spiro atoms. The Morgan fingerprint density at radius 3 is 2.39 bits per heavy atom. The zero-order valence-corrected chi connectivity index (χ0v) is 12.2. The molecular weight excluding hydrogens is 230 g/mol. The molecule has 0 aliphatic rings. The number of alkyl carbamates (subject to hydrolysis) is 1. The molecule has 0 aliphatic carbocycles. The van der Waals surface area contributed by atoms with E-state index in [1.165, 1.54) is 0 Å². The minimum absolute atomic E-state index is 0.308. The Bertz CT molecular complexity index is 269. The van der Waals surface area contributed by atoms with Crippen LogP contribution >= 0.6 is 0 Å². The number of amides is 1. The van der Waals surface area contributed by atoms with Gasteiger partial charge in [0.1, 0.15) is 5.60 Å². The first kappa shape index (κ1) is 17.0. The Hall–Kier alpha value is -1.03. The number of rotatable bonds is 6. The predicted molar refractivity (Wildman–Crippen MR) is 73.4 cm³/mol. The van der Waals surface area contributed by atoms with Gasteiger partial charge in [0.25, 0.3) is 0 Å². The van der Waals surface area contributed by atoms with Crippen molar-refractivity contribution in [2.75, 3.05) is 0 Å². The Kier molecular flexibility index (Phi) is 6.99. The van der Waals surface area contributed by atoms with Crippen molar-refractivity contribution in [3.8, 4) is 0 Å². The molecule has 2 atom stereocenters. The van der Waals surface area contributed by atoms with Crippen molar-refractivity contribution in [3.63, 3.8) is 0 Å². The van der Waals surface area contributed by atoms with Gasteiger partial charge in [-0.15, -0.1) is 6.58 Å². The van der Waals surface area contributed by atoms with Gasteiger partial charge in [0, 0.05) is 0 Å². The first-order valence-electron chi connectivity index (χ1n) is 6.44. The van der Waals surface area contributed by atoms with E-state index in [4.69, 9.17) is 4.74 Å². The highest BCUT2D eigenvalue weighted by Crippen LogP contribution is 2.13. The molecule has 2 N–H and O–H groups in total.